The molecule has 0 nitrogen and oxygen atoms in total. The average Bonchev–Trinajstić information content (AvgIpc) is 3.00. The summed E-state index contributed by atoms with van der Waals surface area (Å²) in [6, 6.07) is 33.3. The molecule has 0 fully saturated rings. The third-order valence-corrected chi connectivity index (χ3v) is 10.0. The zero-order valence-corrected chi connectivity index (χ0v) is 44.2. The van der Waals surface area contributed by atoms with E-state index < -0.39 is 0 Å². The van der Waals surface area contributed by atoms with Crippen LogP contribution in [-0.2, 0) is 129 Å². The Balaban J connectivity index is 0.000000518. The first-order valence-electron chi connectivity index (χ1n) is 14.2. The van der Waals surface area contributed by atoms with E-state index in [2.05, 4.69) is 114 Å². The van der Waals surface area contributed by atoms with E-state index in [-0.39, 0.29) is 84.3 Å². The molecule has 0 aromatic heterocycles. The Morgan fingerprint density at radius 2 is 0.837 bits per heavy atom. The molecule has 0 saturated carbocycles. The van der Waals surface area contributed by atoms with E-state index in [1.807, 2.05) is 48.5 Å². The topological polar surface area (TPSA) is 0 Å². The van der Waals surface area contributed by atoms with Crippen molar-refractivity contribution in [3.05, 3.63) is 219 Å². The molecule has 4 aromatic carbocycles. The minimum atomic E-state index is 0. The van der Waals surface area contributed by atoms with Crippen LogP contribution in [0.5, 0.6) is 0 Å². The molecular weight excluding hydrogens is 1620 g/mol. The Morgan fingerprint density at radius 3 is 1.18 bits per heavy atom. The quantitative estimate of drug-likeness (QED) is 0.179. The normalized spacial score (nSPS) is 14.4. The van der Waals surface area contributed by atoms with Crippen molar-refractivity contribution in [2.75, 3.05) is 0 Å². The Kier molecular flexibility index (Phi) is 19.8. The molecule has 6 rings (SSSR count). The molecular formula is C43H30W6-2. The van der Waals surface area contributed by atoms with Gasteiger partial charge in [0.2, 0.25) is 0 Å². The smallest absolute Gasteiger partial charge is 0.373 e. The molecule has 2 aliphatic carbocycles. The molecule has 0 spiro atoms. The van der Waals surface area contributed by atoms with E-state index in [4.69, 9.17) is 0 Å². The van der Waals surface area contributed by atoms with Gasteiger partial charge in [0.25, 0.3) is 0 Å². The number of hydrogen-bond acceptors (Lipinski definition) is 0. The van der Waals surface area contributed by atoms with Crippen molar-refractivity contribution >= 4 is 7.80 Å². The monoisotopic (exact) mass is 1650 g/mol. The van der Waals surface area contributed by atoms with Crippen molar-refractivity contribution in [2.45, 2.75) is 6.42 Å². The van der Waals surface area contributed by atoms with Crippen molar-refractivity contribution in [2.24, 2.45) is 0 Å². The molecule has 2 aliphatic rings. The number of rotatable bonds is 4. The van der Waals surface area contributed by atoms with E-state index in [9.17, 15) is 0 Å². The van der Waals surface area contributed by atoms with E-state index in [0.29, 0.717) is 6.42 Å². The minimum absolute atomic E-state index is 0. The van der Waals surface area contributed by atoms with Crippen LogP contribution >= 0.6 is 0 Å². The predicted octanol–water partition coefficient (Wildman–Crippen LogP) is 8.91. The number of allylic oxidation sites excluding steroid dienone is 10. The number of benzene rings is 4. The molecule has 0 atom stereocenters. The molecule has 0 saturated heterocycles. The second kappa shape index (κ2) is 21.3. The second-order valence-corrected chi connectivity index (χ2v) is 14.0. The first-order chi connectivity index (χ1) is 21.5. The summed E-state index contributed by atoms with van der Waals surface area (Å²) in [7, 11) is 0. The van der Waals surface area contributed by atoms with Gasteiger partial charge in [0.15, 0.2) is 0 Å². The minimum Gasteiger partial charge on any atom is -0.373 e. The first-order valence-corrected chi connectivity index (χ1v) is 17.2. The summed E-state index contributed by atoms with van der Waals surface area (Å²) < 4.78 is 2.63. The average molecular weight is 1650 g/mol. The second-order valence-electron chi connectivity index (χ2n) is 10.9. The zero-order valence-electron chi connectivity index (χ0n) is 26.6. The van der Waals surface area contributed by atoms with Gasteiger partial charge < -0.3 is 37.1 Å². The van der Waals surface area contributed by atoms with Crippen molar-refractivity contribution in [3.63, 3.8) is 0 Å². The van der Waals surface area contributed by atoms with Crippen LogP contribution in [0.25, 0.3) is 22.3 Å². The molecule has 240 valence electrons. The molecule has 4 aromatic rings. The summed E-state index contributed by atoms with van der Waals surface area (Å²) in [6.45, 7) is 24.3. The summed E-state index contributed by atoms with van der Waals surface area (Å²) in [6.07, 6.45) is 13.6. The molecule has 0 N–H and O–H groups in total. The summed E-state index contributed by atoms with van der Waals surface area (Å²) in [4.78, 5) is 0. The molecule has 0 heterocycles. The van der Waals surface area contributed by atoms with Crippen LogP contribution in [-0.4, -0.2) is 7.80 Å². The fourth-order valence-electron chi connectivity index (χ4n) is 5.03. The van der Waals surface area contributed by atoms with E-state index in [0.717, 1.165) is 66.8 Å². The van der Waals surface area contributed by atoms with Crippen molar-refractivity contribution in [1.82, 2.24) is 0 Å². The van der Waals surface area contributed by atoms with E-state index in [1.165, 1.54) is 57.6 Å². The molecule has 49 heavy (non-hydrogen) atoms. The van der Waals surface area contributed by atoms with Gasteiger partial charge in [0.1, 0.15) is 0 Å². The van der Waals surface area contributed by atoms with Gasteiger partial charge in [0.05, 0.1) is 0 Å². The maximum absolute atomic E-state index is 4.11. The molecule has 0 amide bonds. The fraction of sp³-hybridized carbons (Fsp3) is 0.0233. The fourth-order valence-corrected chi connectivity index (χ4v) is 5.94. The maximum Gasteiger partial charge on any atom is 2.00 e. The third kappa shape index (κ3) is 13.0. The van der Waals surface area contributed by atoms with Gasteiger partial charge >= 0.3 is 203 Å². The summed E-state index contributed by atoms with van der Waals surface area (Å²) in [5.41, 5.74) is 14.7. The summed E-state index contributed by atoms with van der Waals surface area (Å²) in [5, 5.41) is 0. The zero-order chi connectivity index (χ0) is 32.1. The van der Waals surface area contributed by atoms with Crippen molar-refractivity contribution in [3.8, 4) is 22.3 Å². The van der Waals surface area contributed by atoms with Crippen LogP contribution in [0.1, 0.15) is 33.4 Å². The van der Waals surface area contributed by atoms with Crippen LogP contribution in [0, 0.1) is 65.8 Å². The van der Waals surface area contributed by atoms with Gasteiger partial charge in [-0.05, 0) is 0 Å². The van der Waals surface area contributed by atoms with Crippen LogP contribution < -0.4 is 0 Å². The van der Waals surface area contributed by atoms with E-state index in [1.54, 1.807) is 0 Å². The molecule has 0 unspecified atom stereocenters. The Hall–Kier alpha value is -1.33. The van der Waals surface area contributed by atoms with Gasteiger partial charge in [-0.3, -0.25) is 49.2 Å². The Labute approximate surface area is 373 Å². The third-order valence-electron chi connectivity index (χ3n) is 7.19. The number of hydrogen-bond donors (Lipinski definition) is 0. The largest absolute Gasteiger partial charge is 2.00 e. The first kappa shape index (κ1) is 45.7. The van der Waals surface area contributed by atoms with Gasteiger partial charge in [-0.2, -0.15) is 22.8 Å². The van der Waals surface area contributed by atoms with Crippen LogP contribution in [0.2, 0.25) is 0 Å². The van der Waals surface area contributed by atoms with Gasteiger partial charge in [-0.25, -0.2) is 47.0 Å². The van der Waals surface area contributed by atoms with Gasteiger partial charge in [-0.15, -0.1) is 12.1 Å². The SMILES string of the molecule is [CH2-]C1=C/C(=C2\C=C[C](=[W])C([CH2-])=C2)C=C[C]1=[W].[CH2-]c1[c-]ccc(-c2cc([CH2-])[c-]c(Cc3[c-]c([CH2-])cc(-c4cc[c-]c([CH2-])c4)c3)c2)c1.[W+2].[W+2].[W+2].[W+2]. The van der Waals surface area contributed by atoms with Crippen molar-refractivity contribution < 1.29 is 123 Å². The standard InChI is InChI=1S/C29H20.C14H10.6W/c1-20-7-5-9-26(13-20)28-15-22(3)11-24(18-28)17-25-12-23(4)16-29(19-25)27-10-6-8-21(2)14-27;1-11-5-3-7-13(9-11)14-8-4-6-12(2)10-14;;;;;;/h5-6,9-10,13-16,18-19H,1-4,17H2;3-4,7-10H,1-2H2;;;;;;/q-8;-2;;;4*+2/b;14-13+;;;;;;. The predicted molar refractivity (Wildman–Crippen MR) is 182 cm³/mol. The van der Waals surface area contributed by atoms with Crippen LogP contribution in [0.3, 0.4) is 0 Å². The molecule has 6 heteroatoms. The Morgan fingerprint density at radius 1 is 0.469 bits per heavy atom. The van der Waals surface area contributed by atoms with Crippen LogP contribution in [0.4, 0.5) is 0 Å². The summed E-state index contributed by atoms with van der Waals surface area (Å²) in [5.74, 6) is 0. The molecule has 0 radical (unpaired) electrons. The van der Waals surface area contributed by atoms with Gasteiger partial charge in [-0.1, -0.05) is 6.42 Å². The van der Waals surface area contributed by atoms with Crippen molar-refractivity contribution in [1.29, 1.82) is 0 Å². The molecule has 0 aliphatic heterocycles. The molecule has 0 bridgehead atoms. The Bertz CT molecular complexity index is 1830. The van der Waals surface area contributed by atoms with Gasteiger partial charge in [0, 0.05) is 0 Å². The van der Waals surface area contributed by atoms with E-state index >= 15 is 0 Å². The summed E-state index contributed by atoms with van der Waals surface area (Å²) >= 11 is 2.94. The van der Waals surface area contributed by atoms with Crippen LogP contribution in [0.15, 0.2) is 119 Å². The maximum atomic E-state index is 4.11.